The zero-order chi connectivity index (χ0) is 10.3. The van der Waals surface area contributed by atoms with E-state index in [4.69, 9.17) is 21.3 Å². The number of aliphatic hydroxyl groups is 1. The van der Waals surface area contributed by atoms with Crippen LogP contribution in [-0.2, 0) is 14.3 Å². The number of ether oxygens (including phenoxy) is 1. The van der Waals surface area contributed by atoms with E-state index in [-0.39, 0.29) is 13.0 Å². The minimum absolute atomic E-state index is 0.178. The number of carbonyl (C=O) groups excluding carboxylic acids is 2. The molecule has 1 unspecified atom stereocenters. The van der Waals surface area contributed by atoms with Gasteiger partial charge in [-0.05, 0) is 6.42 Å². The predicted octanol–water partition coefficient (Wildman–Crippen LogP) is -1.89. The van der Waals surface area contributed by atoms with Crippen LogP contribution in [0.3, 0.4) is 0 Å². The molecule has 5 N–H and O–H groups in total. The quantitative estimate of drug-likeness (QED) is 0.407. The highest BCUT2D eigenvalue weighted by Crippen LogP contribution is 1.94. The van der Waals surface area contributed by atoms with E-state index in [1.54, 1.807) is 0 Å². The van der Waals surface area contributed by atoms with Crippen molar-refractivity contribution in [2.24, 2.45) is 11.5 Å². The van der Waals surface area contributed by atoms with Crippen LogP contribution >= 0.6 is 0 Å². The molecule has 13 heavy (non-hydrogen) atoms. The Balaban J connectivity index is 3.50. The van der Waals surface area contributed by atoms with Gasteiger partial charge in [0.05, 0.1) is 6.61 Å². The van der Waals surface area contributed by atoms with Crippen LogP contribution in [0.1, 0.15) is 12.8 Å². The molecular weight excluding hydrogens is 176 g/mol. The van der Waals surface area contributed by atoms with Gasteiger partial charge in [-0.25, -0.2) is 0 Å². The highest BCUT2D eigenvalue weighted by molar-refractivity contribution is 5.78. The van der Waals surface area contributed by atoms with Crippen molar-refractivity contribution in [3.63, 3.8) is 0 Å². The molecule has 0 rings (SSSR count). The average Bonchev–Trinajstić information content (AvgIpc) is 2.03. The van der Waals surface area contributed by atoms with Gasteiger partial charge >= 0.3 is 0 Å². The van der Waals surface area contributed by atoms with E-state index in [2.05, 4.69) is 0 Å². The van der Waals surface area contributed by atoms with E-state index in [1.165, 1.54) is 0 Å². The Kier molecular flexibility index (Phi) is 5.82. The number of aliphatic hydroxyl groups excluding tert-OH is 1. The molecule has 2 amide bonds. The van der Waals surface area contributed by atoms with Gasteiger partial charge in [0.2, 0.25) is 11.8 Å². The molecule has 0 aromatic heterocycles. The smallest absolute Gasteiger partial charge is 0.248 e. The summed E-state index contributed by atoms with van der Waals surface area (Å²) < 4.78 is 4.87. The van der Waals surface area contributed by atoms with Gasteiger partial charge in [-0.3, -0.25) is 9.59 Å². The first kappa shape index (κ1) is 11.9. The summed E-state index contributed by atoms with van der Waals surface area (Å²) in [5, 5.41) is 8.59. The van der Waals surface area contributed by atoms with Crippen molar-refractivity contribution in [1.29, 1.82) is 0 Å². The predicted molar refractivity (Wildman–Crippen MR) is 44.4 cm³/mol. The van der Waals surface area contributed by atoms with Gasteiger partial charge < -0.3 is 21.3 Å². The number of nitrogens with two attached hydrogens (primary N) is 2. The standard InChI is InChI=1S/C7H14N2O4/c8-6(11)2-1-3-13-5(4-10)7(9)12/h5,10H,1-4H2,(H2,8,11)(H2,9,12). The molecule has 0 aromatic carbocycles. The summed E-state index contributed by atoms with van der Waals surface area (Å²) in [5.74, 6) is -1.15. The lowest BCUT2D eigenvalue weighted by Gasteiger charge is -2.10. The van der Waals surface area contributed by atoms with Crippen molar-refractivity contribution >= 4 is 11.8 Å². The van der Waals surface area contributed by atoms with Crippen molar-refractivity contribution in [3.8, 4) is 0 Å². The van der Waals surface area contributed by atoms with Crippen LogP contribution < -0.4 is 11.5 Å². The summed E-state index contributed by atoms with van der Waals surface area (Å²) in [6, 6.07) is 0. The molecule has 0 heterocycles. The van der Waals surface area contributed by atoms with E-state index in [0.29, 0.717) is 6.42 Å². The first-order valence-electron chi connectivity index (χ1n) is 3.88. The van der Waals surface area contributed by atoms with Crippen LogP contribution in [-0.4, -0.2) is 36.2 Å². The van der Waals surface area contributed by atoms with Crippen LogP contribution in [0.2, 0.25) is 0 Å². The van der Waals surface area contributed by atoms with Gasteiger partial charge in [-0.15, -0.1) is 0 Å². The Labute approximate surface area is 75.8 Å². The Morgan fingerprint density at radius 3 is 2.38 bits per heavy atom. The third-order valence-electron chi connectivity index (χ3n) is 1.37. The van der Waals surface area contributed by atoms with Gasteiger partial charge in [0.1, 0.15) is 0 Å². The second-order valence-corrected chi connectivity index (χ2v) is 2.51. The molecule has 0 spiro atoms. The Morgan fingerprint density at radius 2 is 2.00 bits per heavy atom. The number of amides is 2. The second kappa shape index (κ2) is 6.38. The normalized spacial score (nSPS) is 12.4. The Morgan fingerprint density at radius 1 is 1.38 bits per heavy atom. The van der Waals surface area contributed by atoms with Crippen LogP contribution in [0.5, 0.6) is 0 Å². The van der Waals surface area contributed by atoms with Gasteiger partial charge in [0.25, 0.3) is 0 Å². The lowest BCUT2D eigenvalue weighted by molar-refractivity contribution is -0.132. The minimum Gasteiger partial charge on any atom is -0.393 e. The summed E-state index contributed by atoms with van der Waals surface area (Å²) in [6.45, 7) is -0.275. The second-order valence-electron chi connectivity index (χ2n) is 2.51. The molecular formula is C7H14N2O4. The molecule has 6 nitrogen and oxygen atoms in total. The maximum Gasteiger partial charge on any atom is 0.248 e. The van der Waals surface area contributed by atoms with Crippen molar-refractivity contribution < 1.29 is 19.4 Å². The molecule has 0 fully saturated rings. The Bertz CT molecular complexity index is 183. The molecule has 0 aliphatic heterocycles. The van der Waals surface area contributed by atoms with Gasteiger partial charge in [0.15, 0.2) is 6.10 Å². The van der Waals surface area contributed by atoms with Crippen LogP contribution in [0.4, 0.5) is 0 Å². The first-order valence-corrected chi connectivity index (χ1v) is 3.88. The molecule has 76 valence electrons. The molecule has 0 aliphatic rings. The zero-order valence-electron chi connectivity index (χ0n) is 7.23. The van der Waals surface area contributed by atoms with Crippen LogP contribution in [0, 0.1) is 0 Å². The SMILES string of the molecule is NC(=O)CCCOC(CO)C(N)=O. The van der Waals surface area contributed by atoms with E-state index in [1.807, 2.05) is 0 Å². The monoisotopic (exact) mass is 190 g/mol. The Hall–Kier alpha value is -1.14. The van der Waals surface area contributed by atoms with Gasteiger partial charge in [0, 0.05) is 13.0 Å². The molecule has 0 aliphatic carbocycles. The zero-order valence-corrected chi connectivity index (χ0v) is 7.23. The number of hydrogen-bond donors (Lipinski definition) is 3. The average molecular weight is 190 g/mol. The summed E-state index contributed by atoms with van der Waals surface area (Å²) >= 11 is 0. The van der Waals surface area contributed by atoms with Gasteiger partial charge in [-0.1, -0.05) is 0 Å². The summed E-state index contributed by atoms with van der Waals surface area (Å²) in [7, 11) is 0. The first-order chi connectivity index (χ1) is 6.07. The van der Waals surface area contributed by atoms with Crippen molar-refractivity contribution in [1.82, 2.24) is 0 Å². The van der Waals surface area contributed by atoms with Crippen molar-refractivity contribution in [2.75, 3.05) is 13.2 Å². The van der Waals surface area contributed by atoms with E-state index < -0.39 is 24.5 Å². The maximum atomic E-state index is 10.5. The van der Waals surface area contributed by atoms with E-state index in [9.17, 15) is 9.59 Å². The number of carbonyl (C=O) groups is 2. The third kappa shape index (κ3) is 6.06. The number of rotatable bonds is 7. The molecule has 0 saturated heterocycles. The topological polar surface area (TPSA) is 116 Å². The number of primary amides is 2. The molecule has 1 atom stereocenters. The van der Waals surface area contributed by atoms with E-state index in [0.717, 1.165) is 0 Å². The lowest BCUT2D eigenvalue weighted by atomic mass is 10.3. The fourth-order valence-corrected chi connectivity index (χ4v) is 0.697. The van der Waals surface area contributed by atoms with Crippen molar-refractivity contribution in [2.45, 2.75) is 18.9 Å². The highest BCUT2D eigenvalue weighted by Gasteiger charge is 2.13. The van der Waals surface area contributed by atoms with Crippen LogP contribution in [0.25, 0.3) is 0 Å². The van der Waals surface area contributed by atoms with E-state index >= 15 is 0 Å². The van der Waals surface area contributed by atoms with Gasteiger partial charge in [-0.2, -0.15) is 0 Å². The highest BCUT2D eigenvalue weighted by atomic mass is 16.5. The summed E-state index contributed by atoms with van der Waals surface area (Å²) in [4.78, 5) is 20.8. The molecule has 6 heteroatoms. The fraction of sp³-hybridized carbons (Fsp3) is 0.714. The number of hydrogen-bond acceptors (Lipinski definition) is 4. The third-order valence-corrected chi connectivity index (χ3v) is 1.37. The van der Waals surface area contributed by atoms with Crippen LogP contribution in [0.15, 0.2) is 0 Å². The lowest BCUT2D eigenvalue weighted by Crippen LogP contribution is -2.34. The summed E-state index contributed by atoms with van der Waals surface area (Å²) in [5.41, 5.74) is 9.74. The molecule has 0 bridgehead atoms. The molecule has 0 saturated carbocycles. The minimum atomic E-state index is -0.993. The molecule has 0 radical (unpaired) electrons. The molecule has 0 aromatic rings. The summed E-state index contributed by atoms with van der Waals surface area (Å²) in [6.07, 6.45) is -0.386. The largest absolute Gasteiger partial charge is 0.393 e. The fourth-order valence-electron chi connectivity index (χ4n) is 0.697. The van der Waals surface area contributed by atoms with Crippen molar-refractivity contribution in [3.05, 3.63) is 0 Å². The maximum absolute atomic E-state index is 10.5.